The Morgan fingerprint density at radius 2 is 2.00 bits per heavy atom. The largest absolute Gasteiger partial charge is 0.487 e. The summed E-state index contributed by atoms with van der Waals surface area (Å²) in [4.78, 5) is 2.69. The van der Waals surface area contributed by atoms with E-state index in [4.69, 9.17) is 4.74 Å². The van der Waals surface area contributed by atoms with E-state index in [2.05, 4.69) is 75.5 Å². The topological polar surface area (TPSA) is 43.2 Å². The lowest BCUT2D eigenvalue weighted by atomic mass is 9.77. The van der Waals surface area contributed by atoms with Gasteiger partial charge in [0.05, 0.1) is 6.20 Å². The molecule has 2 aliphatic heterocycles. The van der Waals surface area contributed by atoms with Gasteiger partial charge in [-0.15, -0.1) is 5.10 Å². The van der Waals surface area contributed by atoms with Crippen molar-refractivity contribution in [2.24, 2.45) is 0 Å². The van der Waals surface area contributed by atoms with Gasteiger partial charge in [-0.2, -0.15) is 0 Å². The summed E-state index contributed by atoms with van der Waals surface area (Å²) in [6, 6.07) is 13.9. The number of benzene rings is 2. The van der Waals surface area contributed by atoms with Gasteiger partial charge in [0.2, 0.25) is 0 Å². The Morgan fingerprint density at radius 1 is 1.08 bits per heavy atom. The highest BCUT2D eigenvalue weighted by Crippen LogP contribution is 2.48. The van der Waals surface area contributed by atoms with E-state index in [0.717, 1.165) is 55.6 Å². The molecule has 0 amide bonds. The van der Waals surface area contributed by atoms with Gasteiger partial charge in [-0.25, -0.2) is 0 Å². The highest BCUT2D eigenvalue weighted by molar-refractivity contribution is 8.77. The predicted octanol–water partition coefficient (Wildman–Crippen LogP) is 6.71. The van der Waals surface area contributed by atoms with Crippen molar-refractivity contribution in [2.45, 2.75) is 76.3 Å². The van der Waals surface area contributed by atoms with Crippen LogP contribution in [0.1, 0.15) is 67.5 Å². The first-order valence-corrected chi connectivity index (χ1v) is 16.0. The molecule has 1 saturated heterocycles. The summed E-state index contributed by atoms with van der Waals surface area (Å²) >= 11 is 0. The fourth-order valence-electron chi connectivity index (χ4n) is 6.09. The number of fused-ring (bicyclic) bond motifs is 2. The molecule has 1 aromatic heterocycles. The zero-order valence-corrected chi connectivity index (χ0v) is 22.8. The number of ether oxygens (including phenoxy) is 1. The van der Waals surface area contributed by atoms with E-state index in [1.54, 1.807) is 0 Å². The summed E-state index contributed by atoms with van der Waals surface area (Å²) in [7, 11) is 4.10. The van der Waals surface area contributed by atoms with Gasteiger partial charge in [-0.3, -0.25) is 9.58 Å². The van der Waals surface area contributed by atoms with Gasteiger partial charge in [0.1, 0.15) is 18.1 Å². The number of aryl methyl sites for hydroxylation is 1. The first kappa shape index (κ1) is 24.4. The molecular formula is C29H36N4OS2. The number of nitrogens with zero attached hydrogens (tertiary/aromatic N) is 4. The monoisotopic (exact) mass is 520 g/mol. The molecule has 2 atom stereocenters. The minimum Gasteiger partial charge on any atom is -0.487 e. The summed E-state index contributed by atoms with van der Waals surface area (Å²) in [6.07, 6.45) is 10.6. The van der Waals surface area contributed by atoms with Crippen molar-refractivity contribution in [3.05, 3.63) is 65.0 Å². The molecule has 3 heterocycles. The summed E-state index contributed by atoms with van der Waals surface area (Å²) in [5.74, 6) is 2.28. The van der Waals surface area contributed by atoms with Crippen molar-refractivity contribution in [2.75, 3.05) is 18.8 Å². The number of aromatic nitrogens is 3. The standard InChI is InChI=1S/C29H36N4OS2/c1-2-14-32-16-12-21-7-5-10-25-28(21)26(32)18-22-8-6-11-27(29(22)25)34-20-23-19-33(31-30-23)15-4-3-9-24-13-17-35-36-24/h5-8,10-11,19,24,26H,2-4,9,12-18,20H2,1H3. The third-order valence-corrected chi connectivity index (χ3v) is 10.8. The van der Waals surface area contributed by atoms with Crippen LogP contribution in [0.2, 0.25) is 0 Å². The normalized spacial score (nSPS) is 20.8. The Kier molecular flexibility index (Phi) is 7.58. The van der Waals surface area contributed by atoms with Gasteiger partial charge in [-0.05, 0) is 73.4 Å². The van der Waals surface area contributed by atoms with E-state index in [1.165, 1.54) is 59.3 Å². The van der Waals surface area contributed by atoms with Crippen LogP contribution in [0.5, 0.6) is 5.75 Å². The molecule has 0 bridgehead atoms. The lowest BCUT2D eigenvalue weighted by molar-refractivity contribution is 0.182. The van der Waals surface area contributed by atoms with E-state index < -0.39 is 0 Å². The molecular weight excluding hydrogens is 484 g/mol. The summed E-state index contributed by atoms with van der Waals surface area (Å²) < 4.78 is 8.40. The molecule has 0 radical (unpaired) electrons. The fourth-order valence-corrected chi connectivity index (χ4v) is 9.12. The molecule has 3 aliphatic rings. The maximum absolute atomic E-state index is 6.42. The van der Waals surface area contributed by atoms with Gasteiger partial charge in [0.15, 0.2) is 0 Å². The zero-order chi connectivity index (χ0) is 24.3. The molecule has 2 aromatic carbocycles. The molecule has 5 nitrogen and oxygen atoms in total. The maximum Gasteiger partial charge on any atom is 0.134 e. The van der Waals surface area contributed by atoms with E-state index in [9.17, 15) is 0 Å². The predicted molar refractivity (Wildman–Crippen MR) is 151 cm³/mol. The first-order valence-electron chi connectivity index (χ1n) is 13.6. The van der Waals surface area contributed by atoms with Crippen LogP contribution in [-0.4, -0.2) is 44.0 Å². The molecule has 36 heavy (non-hydrogen) atoms. The molecule has 0 spiro atoms. The van der Waals surface area contributed by atoms with Gasteiger partial charge in [0.25, 0.3) is 0 Å². The molecule has 2 unspecified atom stereocenters. The average molecular weight is 521 g/mol. The summed E-state index contributed by atoms with van der Waals surface area (Å²) in [6.45, 7) is 6.00. The van der Waals surface area contributed by atoms with Crippen LogP contribution < -0.4 is 4.74 Å². The lowest BCUT2D eigenvalue weighted by Crippen LogP contribution is -2.38. The fraction of sp³-hybridized carbons (Fsp3) is 0.517. The number of rotatable bonds is 10. The van der Waals surface area contributed by atoms with Gasteiger partial charge in [-0.1, -0.05) is 70.5 Å². The number of unbranched alkanes of at least 4 members (excludes halogenated alkanes) is 1. The minimum absolute atomic E-state index is 0.451. The molecule has 1 aliphatic carbocycles. The number of hydrogen-bond acceptors (Lipinski definition) is 6. The molecule has 7 heteroatoms. The van der Waals surface area contributed by atoms with Gasteiger partial charge >= 0.3 is 0 Å². The first-order chi connectivity index (χ1) is 17.8. The quantitative estimate of drug-likeness (QED) is 0.219. The van der Waals surface area contributed by atoms with Crippen LogP contribution in [0.4, 0.5) is 0 Å². The highest BCUT2D eigenvalue weighted by Gasteiger charge is 2.34. The van der Waals surface area contributed by atoms with Crippen LogP contribution in [0.15, 0.2) is 42.6 Å². The molecule has 6 rings (SSSR count). The van der Waals surface area contributed by atoms with Crippen molar-refractivity contribution in [3.63, 3.8) is 0 Å². The zero-order valence-electron chi connectivity index (χ0n) is 21.2. The van der Waals surface area contributed by atoms with Gasteiger partial charge < -0.3 is 4.74 Å². The van der Waals surface area contributed by atoms with Crippen LogP contribution in [-0.2, 0) is 26.0 Å². The van der Waals surface area contributed by atoms with E-state index in [0.29, 0.717) is 12.6 Å². The van der Waals surface area contributed by atoms with Crippen LogP contribution in [0, 0.1) is 0 Å². The SMILES string of the molecule is CCCN1CCc2cccc3c2C1Cc1cccc(OCc2cn(CCCCC4CCSS4)nn2)c1-3. The van der Waals surface area contributed by atoms with Crippen molar-refractivity contribution >= 4 is 21.6 Å². The summed E-state index contributed by atoms with van der Waals surface area (Å²) in [5.41, 5.74) is 7.97. The van der Waals surface area contributed by atoms with Crippen molar-refractivity contribution in [1.82, 2.24) is 19.9 Å². The molecule has 3 aromatic rings. The number of hydrogen-bond donors (Lipinski definition) is 0. The van der Waals surface area contributed by atoms with E-state index in [-0.39, 0.29) is 0 Å². The second kappa shape index (κ2) is 11.2. The Bertz CT molecular complexity index is 1190. The van der Waals surface area contributed by atoms with Crippen molar-refractivity contribution in [3.8, 4) is 16.9 Å². The molecule has 0 N–H and O–H groups in total. The third kappa shape index (κ3) is 5.07. The van der Waals surface area contributed by atoms with Crippen molar-refractivity contribution in [1.29, 1.82) is 0 Å². The highest BCUT2D eigenvalue weighted by atomic mass is 33.1. The smallest absolute Gasteiger partial charge is 0.134 e. The molecule has 1 fully saturated rings. The Balaban J connectivity index is 1.14. The minimum atomic E-state index is 0.451. The Labute approximate surface area is 222 Å². The Morgan fingerprint density at radius 3 is 2.89 bits per heavy atom. The summed E-state index contributed by atoms with van der Waals surface area (Å²) in [5, 5.41) is 9.61. The second-order valence-electron chi connectivity index (χ2n) is 10.3. The van der Waals surface area contributed by atoms with E-state index in [1.807, 2.05) is 15.5 Å². The average Bonchev–Trinajstić information content (AvgIpc) is 3.59. The van der Waals surface area contributed by atoms with Crippen molar-refractivity contribution < 1.29 is 4.74 Å². The molecule has 190 valence electrons. The van der Waals surface area contributed by atoms with Gasteiger partial charge in [0, 0.05) is 35.7 Å². The second-order valence-corrected chi connectivity index (χ2v) is 13.0. The van der Waals surface area contributed by atoms with Crippen LogP contribution in [0.25, 0.3) is 11.1 Å². The lowest BCUT2D eigenvalue weighted by Gasteiger charge is -2.42. The molecule has 0 saturated carbocycles. The van der Waals surface area contributed by atoms with Crippen LogP contribution in [0.3, 0.4) is 0 Å². The Hall–Kier alpha value is -1.96. The van der Waals surface area contributed by atoms with Crippen LogP contribution >= 0.6 is 21.6 Å². The third-order valence-electron chi connectivity index (χ3n) is 7.80. The van der Waals surface area contributed by atoms with E-state index >= 15 is 0 Å². The maximum atomic E-state index is 6.42.